The van der Waals surface area contributed by atoms with Crippen LogP contribution in [0.3, 0.4) is 0 Å². The van der Waals surface area contributed by atoms with Crippen LogP contribution < -0.4 is 0 Å². The molecule has 4 heteroatoms. The first-order valence-electron chi connectivity index (χ1n) is 6.49. The number of nitriles is 1. The Morgan fingerprint density at radius 1 is 1.37 bits per heavy atom. The highest BCUT2D eigenvalue weighted by Crippen LogP contribution is 2.45. The third kappa shape index (κ3) is 2.90. The molecule has 0 aromatic heterocycles. The average molecular weight is 278 g/mol. The van der Waals surface area contributed by atoms with Crippen LogP contribution in [-0.4, -0.2) is 12.6 Å². The molecule has 0 aliphatic heterocycles. The Morgan fingerprint density at radius 3 is 2.58 bits per heavy atom. The molecule has 2 rings (SSSR count). The van der Waals surface area contributed by atoms with Gasteiger partial charge in [0.1, 0.15) is 0 Å². The second kappa shape index (κ2) is 6.08. The van der Waals surface area contributed by atoms with Crippen LogP contribution in [0.1, 0.15) is 37.7 Å². The summed E-state index contributed by atoms with van der Waals surface area (Å²) >= 11 is 5.87. The maximum Gasteiger partial charge on any atom is 0.316 e. The molecule has 1 saturated carbocycles. The molecule has 0 saturated heterocycles. The number of hydrogen-bond donors (Lipinski definition) is 0. The Balaban J connectivity index is 2.04. The normalized spacial score (nSPS) is 16.2. The number of halogens is 1. The summed E-state index contributed by atoms with van der Waals surface area (Å²) in [6, 6.07) is 9.45. The first-order chi connectivity index (χ1) is 9.19. The Labute approximate surface area is 118 Å². The van der Waals surface area contributed by atoms with Crippen LogP contribution in [0.25, 0.3) is 0 Å². The van der Waals surface area contributed by atoms with Gasteiger partial charge in [0.2, 0.25) is 0 Å². The molecule has 3 nitrogen and oxygen atoms in total. The van der Waals surface area contributed by atoms with E-state index in [-0.39, 0.29) is 5.97 Å². The Bertz CT molecular complexity index is 486. The van der Waals surface area contributed by atoms with E-state index < -0.39 is 5.41 Å². The van der Waals surface area contributed by atoms with Gasteiger partial charge in [0.25, 0.3) is 0 Å². The molecule has 0 unspecified atom stereocenters. The Hall–Kier alpha value is -1.53. The summed E-state index contributed by atoms with van der Waals surface area (Å²) in [6.45, 7) is 0.321. The molecule has 1 aliphatic carbocycles. The summed E-state index contributed by atoms with van der Waals surface area (Å²) in [5, 5.41) is 9.12. The van der Waals surface area contributed by atoms with Gasteiger partial charge in [-0.05, 0) is 37.0 Å². The van der Waals surface area contributed by atoms with E-state index in [1.807, 2.05) is 18.2 Å². The monoisotopic (exact) mass is 277 g/mol. The van der Waals surface area contributed by atoms with Crippen molar-refractivity contribution in [2.24, 2.45) is 0 Å². The van der Waals surface area contributed by atoms with Crippen LogP contribution in [0.4, 0.5) is 0 Å². The van der Waals surface area contributed by atoms with E-state index >= 15 is 0 Å². The van der Waals surface area contributed by atoms with Crippen molar-refractivity contribution in [3.63, 3.8) is 0 Å². The number of carbonyl (C=O) groups is 1. The minimum atomic E-state index is -0.489. The lowest BCUT2D eigenvalue weighted by atomic mass is 9.64. The molecule has 1 aromatic carbocycles. The van der Waals surface area contributed by atoms with Crippen molar-refractivity contribution in [3.05, 3.63) is 34.9 Å². The van der Waals surface area contributed by atoms with Crippen molar-refractivity contribution in [3.8, 4) is 6.07 Å². The molecule has 0 atom stereocenters. The summed E-state index contributed by atoms with van der Waals surface area (Å²) in [6.07, 6.45) is 3.70. The molecule has 1 aromatic rings. The maximum absolute atomic E-state index is 12.3. The van der Waals surface area contributed by atoms with Crippen LogP contribution in [0.15, 0.2) is 24.3 Å². The van der Waals surface area contributed by atoms with E-state index in [2.05, 4.69) is 0 Å². The van der Waals surface area contributed by atoms with Crippen LogP contribution in [0.5, 0.6) is 0 Å². The van der Waals surface area contributed by atoms with Crippen LogP contribution in [-0.2, 0) is 14.9 Å². The molecule has 0 bridgehead atoms. The second-order valence-corrected chi connectivity index (χ2v) is 5.28. The highest BCUT2D eigenvalue weighted by molar-refractivity contribution is 6.30. The largest absolute Gasteiger partial charge is 0.465 e. The van der Waals surface area contributed by atoms with Crippen LogP contribution in [0.2, 0.25) is 5.02 Å². The van der Waals surface area contributed by atoms with Gasteiger partial charge in [-0.15, -0.1) is 0 Å². The first kappa shape index (κ1) is 13.9. The second-order valence-electron chi connectivity index (χ2n) is 4.84. The van der Waals surface area contributed by atoms with E-state index in [1.54, 1.807) is 12.1 Å². The van der Waals surface area contributed by atoms with Crippen molar-refractivity contribution in [2.75, 3.05) is 6.61 Å². The third-order valence-corrected chi connectivity index (χ3v) is 3.91. The van der Waals surface area contributed by atoms with E-state index in [9.17, 15) is 4.79 Å². The number of esters is 1. The fraction of sp³-hybridized carbons (Fsp3) is 0.467. The number of unbranched alkanes of at least 4 members (excludes halogenated alkanes) is 1. The van der Waals surface area contributed by atoms with Gasteiger partial charge in [-0.2, -0.15) is 5.26 Å². The van der Waals surface area contributed by atoms with Crippen molar-refractivity contribution in [2.45, 2.75) is 37.5 Å². The molecular formula is C15H16ClNO2. The van der Waals surface area contributed by atoms with Gasteiger partial charge in [0, 0.05) is 11.4 Å². The van der Waals surface area contributed by atoms with E-state index in [1.165, 1.54) is 0 Å². The smallest absolute Gasteiger partial charge is 0.316 e. The zero-order valence-electron chi connectivity index (χ0n) is 10.7. The number of rotatable bonds is 5. The summed E-state index contributed by atoms with van der Waals surface area (Å²) in [4.78, 5) is 12.3. The average Bonchev–Trinajstić information content (AvgIpc) is 2.36. The molecule has 1 fully saturated rings. The highest BCUT2D eigenvalue weighted by Gasteiger charge is 2.46. The molecule has 0 amide bonds. The molecule has 19 heavy (non-hydrogen) atoms. The van der Waals surface area contributed by atoms with E-state index in [4.69, 9.17) is 21.6 Å². The predicted molar refractivity (Wildman–Crippen MR) is 72.8 cm³/mol. The van der Waals surface area contributed by atoms with E-state index in [0.29, 0.717) is 24.5 Å². The number of carbonyl (C=O) groups excluding carboxylic acids is 1. The number of benzene rings is 1. The number of nitrogens with zero attached hydrogens (tertiary/aromatic N) is 1. The molecule has 0 heterocycles. The Kier molecular flexibility index (Phi) is 4.44. The first-order valence-corrected chi connectivity index (χ1v) is 6.87. The van der Waals surface area contributed by atoms with Gasteiger partial charge in [0.05, 0.1) is 18.1 Å². The highest BCUT2D eigenvalue weighted by atomic mass is 35.5. The summed E-state index contributed by atoms with van der Waals surface area (Å²) < 4.78 is 5.31. The minimum Gasteiger partial charge on any atom is -0.465 e. The standard InChI is InChI=1S/C15H16ClNO2/c16-13-6-4-12(5-7-13)15(8-3-9-15)14(18)19-11-2-1-10-17/h4-7H,1-3,8-9,11H2. The van der Waals surface area contributed by atoms with Crippen LogP contribution in [0, 0.1) is 11.3 Å². The molecular weight excluding hydrogens is 262 g/mol. The summed E-state index contributed by atoms with van der Waals surface area (Å²) in [7, 11) is 0. The number of hydrogen-bond acceptors (Lipinski definition) is 3. The quantitative estimate of drug-likeness (QED) is 0.610. The van der Waals surface area contributed by atoms with Gasteiger partial charge < -0.3 is 4.74 Å². The Morgan fingerprint density at radius 2 is 2.05 bits per heavy atom. The van der Waals surface area contributed by atoms with Crippen molar-refractivity contribution < 1.29 is 9.53 Å². The summed E-state index contributed by atoms with van der Waals surface area (Å²) in [5.41, 5.74) is 0.491. The van der Waals surface area contributed by atoms with E-state index in [0.717, 1.165) is 24.8 Å². The van der Waals surface area contributed by atoms with Crippen molar-refractivity contribution in [1.29, 1.82) is 5.26 Å². The lowest BCUT2D eigenvalue weighted by molar-refractivity contribution is -0.154. The maximum atomic E-state index is 12.3. The van der Waals surface area contributed by atoms with Gasteiger partial charge in [-0.3, -0.25) is 4.79 Å². The topological polar surface area (TPSA) is 50.1 Å². The SMILES string of the molecule is N#CCCCOC(=O)C1(c2ccc(Cl)cc2)CCC1. The van der Waals surface area contributed by atoms with Gasteiger partial charge in [-0.25, -0.2) is 0 Å². The molecule has 0 N–H and O–H groups in total. The third-order valence-electron chi connectivity index (χ3n) is 3.66. The predicted octanol–water partition coefficient (Wildman–Crippen LogP) is 3.61. The van der Waals surface area contributed by atoms with Crippen molar-refractivity contribution >= 4 is 17.6 Å². The minimum absolute atomic E-state index is 0.168. The summed E-state index contributed by atoms with van der Waals surface area (Å²) in [5.74, 6) is -0.168. The van der Waals surface area contributed by atoms with Crippen molar-refractivity contribution in [1.82, 2.24) is 0 Å². The fourth-order valence-electron chi connectivity index (χ4n) is 2.36. The lowest BCUT2D eigenvalue weighted by Gasteiger charge is -2.39. The van der Waals surface area contributed by atoms with Gasteiger partial charge >= 0.3 is 5.97 Å². The number of ether oxygens (including phenoxy) is 1. The molecule has 100 valence electrons. The fourth-order valence-corrected chi connectivity index (χ4v) is 2.49. The molecule has 0 radical (unpaired) electrons. The lowest BCUT2D eigenvalue weighted by Crippen LogP contribution is -2.43. The van der Waals surface area contributed by atoms with Gasteiger partial charge in [0.15, 0.2) is 0 Å². The zero-order valence-corrected chi connectivity index (χ0v) is 11.4. The molecule has 1 aliphatic rings. The van der Waals surface area contributed by atoms with Gasteiger partial charge in [-0.1, -0.05) is 30.2 Å². The zero-order chi connectivity index (χ0) is 13.7. The van der Waals surface area contributed by atoms with Crippen LogP contribution >= 0.6 is 11.6 Å². The molecule has 0 spiro atoms.